The van der Waals surface area contributed by atoms with Gasteiger partial charge in [0.1, 0.15) is 5.01 Å². The smallest absolute Gasteiger partial charge is 0.127 e. The first-order chi connectivity index (χ1) is 8.78. The van der Waals surface area contributed by atoms with Gasteiger partial charge in [-0.3, -0.25) is 4.68 Å². The van der Waals surface area contributed by atoms with Crippen LogP contribution in [0.4, 0.5) is 0 Å². The molecule has 1 aliphatic carbocycles. The van der Waals surface area contributed by atoms with Crippen LogP contribution in [0.3, 0.4) is 0 Å². The maximum Gasteiger partial charge on any atom is 0.127 e. The second-order valence-corrected chi connectivity index (χ2v) is 5.85. The van der Waals surface area contributed by atoms with Crippen LogP contribution in [0.15, 0.2) is 12.4 Å². The number of thiazole rings is 1. The molecule has 2 aromatic heterocycles. The molecule has 0 saturated heterocycles. The van der Waals surface area contributed by atoms with Crippen LogP contribution < -0.4 is 5.73 Å². The lowest BCUT2D eigenvalue weighted by Gasteiger charge is -2.15. The van der Waals surface area contributed by atoms with Gasteiger partial charge in [-0.1, -0.05) is 6.92 Å². The van der Waals surface area contributed by atoms with Crippen molar-refractivity contribution >= 4 is 11.3 Å². The number of aryl methyl sites for hydroxylation is 2. The predicted molar refractivity (Wildman–Crippen MR) is 73.5 cm³/mol. The number of nitrogens with zero attached hydrogens (tertiary/aromatic N) is 3. The van der Waals surface area contributed by atoms with Crippen LogP contribution in [0.2, 0.25) is 0 Å². The molecule has 1 atom stereocenters. The van der Waals surface area contributed by atoms with Gasteiger partial charge >= 0.3 is 0 Å². The van der Waals surface area contributed by atoms with Gasteiger partial charge in [0.05, 0.1) is 11.9 Å². The van der Waals surface area contributed by atoms with Crippen molar-refractivity contribution in [3.8, 4) is 10.6 Å². The molecule has 2 heterocycles. The quantitative estimate of drug-likeness (QED) is 0.925. The van der Waals surface area contributed by atoms with E-state index in [1.807, 2.05) is 10.9 Å². The Morgan fingerprint density at radius 2 is 2.44 bits per heavy atom. The molecule has 1 aliphatic rings. The van der Waals surface area contributed by atoms with Crippen molar-refractivity contribution in [1.29, 1.82) is 0 Å². The topological polar surface area (TPSA) is 56.7 Å². The van der Waals surface area contributed by atoms with Crippen molar-refractivity contribution in [2.45, 2.75) is 45.2 Å². The van der Waals surface area contributed by atoms with Gasteiger partial charge in [-0.05, 0) is 25.7 Å². The molecular formula is C13H18N4S. The largest absolute Gasteiger partial charge is 0.323 e. The second-order valence-electron chi connectivity index (χ2n) is 4.82. The van der Waals surface area contributed by atoms with Gasteiger partial charge in [0.15, 0.2) is 0 Å². The van der Waals surface area contributed by atoms with E-state index in [9.17, 15) is 0 Å². The third-order valence-electron chi connectivity index (χ3n) is 3.33. The molecule has 5 heteroatoms. The average molecular weight is 262 g/mol. The summed E-state index contributed by atoms with van der Waals surface area (Å²) in [4.78, 5) is 6.01. The summed E-state index contributed by atoms with van der Waals surface area (Å²) in [6, 6.07) is 0.186. The highest BCUT2D eigenvalue weighted by molar-refractivity contribution is 7.15. The summed E-state index contributed by atoms with van der Waals surface area (Å²) >= 11 is 1.74. The highest BCUT2D eigenvalue weighted by atomic mass is 32.1. The first kappa shape index (κ1) is 11.9. The summed E-state index contributed by atoms with van der Waals surface area (Å²) in [6.07, 6.45) is 8.41. The van der Waals surface area contributed by atoms with Crippen LogP contribution in [-0.4, -0.2) is 14.8 Å². The zero-order valence-electron chi connectivity index (χ0n) is 10.6. The van der Waals surface area contributed by atoms with Crippen LogP contribution in [0.5, 0.6) is 0 Å². The zero-order valence-corrected chi connectivity index (χ0v) is 11.4. The first-order valence-electron chi connectivity index (χ1n) is 6.56. The summed E-state index contributed by atoms with van der Waals surface area (Å²) in [5, 5.41) is 5.43. The van der Waals surface area contributed by atoms with Crippen molar-refractivity contribution in [3.63, 3.8) is 0 Å². The molecule has 0 radical (unpaired) electrons. The van der Waals surface area contributed by atoms with E-state index in [2.05, 4.69) is 18.2 Å². The number of hydrogen-bond acceptors (Lipinski definition) is 4. The normalized spacial score (nSPS) is 18.9. The summed E-state index contributed by atoms with van der Waals surface area (Å²) < 4.78 is 1.98. The van der Waals surface area contributed by atoms with Gasteiger partial charge in [0, 0.05) is 29.2 Å². The minimum Gasteiger partial charge on any atom is -0.323 e. The van der Waals surface area contributed by atoms with Crippen molar-refractivity contribution in [2.75, 3.05) is 0 Å². The van der Waals surface area contributed by atoms with E-state index >= 15 is 0 Å². The average Bonchev–Trinajstić information content (AvgIpc) is 2.96. The molecule has 4 nitrogen and oxygen atoms in total. The highest BCUT2D eigenvalue weighted by Crippen LogP contribution is 2.36. The van der Waals surface area contributed by atoms with Crippen molar-refractivity contribution in [1.82, 2.24) is 14.8 Å². The summed E-state index contributed by atoms with van der Waals surface area (Å²) in [6.45, 7) is 3.12. The van der Waals surface area contributed by atoms with Gasteiger partial charge in [-0.2, -0.15) is 5.10 Å². The van der Waals surface area contributed by atoms with Gasteiger partial charge in [0.25, 0.3) is 0 Å². The molecule has 0 amide bonds. The Hall–Kier alpha value is -1.20. The van der Waals surface area contributed by atoms with Crippen molar-refractivity contribution in [3.05, 3.63) is 23.0 Å². The molecule has 0 aromatic carbocycles. The van der Waals surface area contributed by atoms with Crippen LogP contribution in [0, 0.1) is 0 Å². The number of hydrogen-bond donors (Lipinski definition) is 1. The minimum absolute atomic E-state index is 0.186. The molecule has 3 rings (SSSR count). The van der Waals surface area contributed by atoms with E-state index in [1.54, 1.807) is 11.3 Å². The maximum atomic E-state index is 6.14. The van der Waals surface area contributed by atoms with Gasteiger partial charge in [-0.25, -0.2) is 4.98 Å². The zero-order chi connectivity index (χ0) is 12.5. The van der Waals surface area contributed by atoms with Gasteiger partial charge in [0.2, 0.25) is 0 Å². The van der Waals surface area contributed by atoms with Crippen LogP contribution >= 0.6 is 11.3 Å². The van der Waals surface area contributed by atoms with Gasteiger partial charge in [-0.15, -0.1) is 11.3 Å². The summed E-state index contributed by atoms with van der Waals surface area (Å²) in [5.74, 6) is 0. The van der Waals surface area contributed by atoms with Crippen molar-refractivity contribution < 1.29 is 0 Å². The van der Waals surface area contributed by atoms with Gasteiger partial charge < -0.3 is 5.73 Å². The lowest BCUT2D eigenvalue weighted by molar-refractivity contribution is 0.573. The number of fused-ring (bicyclic) bond motifs is 1. The molecule has 0 saturated carbocycles. The predicted octanol–water partition coefficient (Wildman–Crippen LogP) is 2.75. The van der Waals surface area contributed by atoms with Crippen molar-refractivity contribution in [2.24, 2.45) is 5.73 Å². The molecule has 0 fully saturated rings. The van der Waals surface area contributed by atoms with E-state index in [0.717, 1.165) is 42.8 Å². The highest BCUT2D eigenvalue weighted by Gasteiger charge is 2.22. The summed E-state index contributed by atoms with van der Waals surface area (Å²) in [5.41, 5.74) is 8.47. The monoisotopic (exact) mass is 262 g/mol. The Morgan fingerprint density at radius 3 is 3.22 bits per heavy atom. The Bertz CT molecular complexity index is 543. The molecule has 1 unspecified atom stereocenters. The lowest BCUT2D eigenvalue weighted by Crippen LogP contribution is -2.15. The number of nitrogens with two attached hydrogens (primary N) is 1. The molecule has 0 bridgehead atoms. The maximum absolute atomic E-state index is 6.14. The van der Waals surface area contributed by atoms with Crippen LogP contribution in [0.1, 0.15) is 42.8 Å². The molecule has 0 spiro atoms. The van der Waals surface area contributed by atoms with E-state index in [4.69, 9.17) is 10.7 Å². The first-order valence-corrected chi connectivity index (χ1v) is 7.37. The fourth-order valence-corrected chi connectivity index (χ4v) is 3.52. The van der Waals surface area contributed by atoms with E-state index in [0.29, 0.717) is 0 Å². The fourth-order valence-electron chi connectivity index (χ4n) is 2.40. The Balaban J connectivity index is 1.91. The third kappa shape index (κ3) is 2.08. The SMILES string of the molecule is CCCn1cc(-c2nc3c(s2)C(N)CCC3)cn1. The third-order valence-corrected chi connectivity index (χ3v) is 4.60. The summed E-state index contributed by atoms with van der Waals surface area (Å²) in [7, 11) is 0. The molecule has 0 aliphatic heterocycles. The number of aromatic nitrogens is 3. The number of rotatable bonds is 3. The van der Waals surface area contributed by atoms with E-state index in [1.165, 1.54) is 10.6 Å². The lowest BCUT2D eigenvalue weighted by atomic mass is 9.99. The Kier molecular flexibility index (Phi) is 3.18. The fraction of sp³-hybridized carbons (Fsp3) is 0.538. The molecule has 2 aromatic rings. The minimum atomic E-state index is 0.186. The Morgan fingerprint density at radius 1 is 1.56 bits per heavy atom. The molecule has 96 valence electrons. The van der Waals surface area contributed by atoms with Crippen LogP contribution in [-0.2, 0) is 13.0 Å². The van der Waals surface area contributed by atoms with E-state index < -0.39 is 0 Å². The molecule has 18 heavy (non-hydrogen) atoms. The second kappa shape index (κ2) is 4.82. The standard InChI is InChI=1S/C13H18N4S/c1-2-6-17-8-9(7-15-17)13-16-11-5-3-4-10(14)12(11)18-13/h7-8,10H,2-6,14H2,1H3. The Labute approximate surface area is 111 Å². The molecular weight excluding hydrogens is 244 g/mol. The molecule has 2 N–H and O–H groups in total. The van der Waals surface area contributed by atoms with E-state index in [-0.39, 0.29) is 6.04 Å². The van der Waals surface area contributed by atoms with Crippen LogP contribution in [0.25, 0.3) is 10.6 Å².